The summed E-state index contributed by atoms with van der Waals surface area (Å²) in [4.78, 5) is 11.3. The van der Waals surface area contributed by atoms with Gasteiger partial charge in [-0.1, -0.05) is 12.2 Å². The van der Waals surface area contributed by atoms with E-state index in [1.807, 2.05) is 12.2 Å². The van der Waals surface area contributed by atoms with Crippen molar-refractivity contribution in [3.8, 4) is 5.75 Å². The first-order chi connectivity index (χ1) is 9.85. The zero-order valence-corrected chi connectivity index (χ0v) is 10.7. The van der Waals surface area contributed by atoms with Crippen LogP contribution in [0.3, 0.4) is 0 Å². The number of carbonyl (C=O) groups is 1. The summed E-state index contributed by atoms with van der Waals surface area (Å²) in [5, 5.41) is 12.1. The normalized spacial score (nSPS) is 26.7. The minimum atomic E-state index is -4.75. The van der Waals surface area contributed by atoms with Crippen LogP contribution in [0.4, 0.5) is 18.9 Å². The maximum absolute atomic E-state index is 12.3. The molecular formula is C14H12F3NO3. The van der Waals surface area contributed by atoms with Gasteiger partial charge in [0.15, 0.2) is 0 Å². The van der Waals surface area contributed by atoms with E-state index in [2.05, 4.69) is 10.1 Å². The number of ether oxygens (including phenoxy) is 1. The summed E-state index contributed by atoms with van der Waals surface area (Å²) in [5.41, 5.74) is 1.16. The van der Waals surface area contributed by atoms with E-state index in [1.54, 1.807) is 0 Å². The minimum Gasteiger partial charge on any atom is -0.480 e. The van der Waals surface area contributed by atoms with Gasteiger partial charge in [-0.3, -0.25) is 0 Å². The molecule has 0 unspecified atom stereocenters. The molecule has 0 radical (unpaired) electrons. The second-order valence-corrected chi connectivity index (χ2v) is 5.11. The molecule has 1 heterocycles. The van der Waals surface area contributed by atoms with Crippen LogP contribution in [-0.2, 0) is 4.79 Å². The van der Waals surface area contributed by atoms with Gasteiger partial charge in [-0.2, -0.15) is 0 Å². The molecule has 0 amide bonds. The van der Waals surface area contributed by atoms with Crippen molar-refractivity contribution in [2.24, 2.45) is 5.92 Å². The molecule has 0 saturated heterocycles. The third-order valence-corrected chi connectivity index (χ3v) is 3.83. The predicted molar refractivity (Wildman–Crippen MR) is 68.2 cm³/mol. The molecule has 1 aromatic rings. The lowest BCUT2D eigenvalue weighted by atomic mass is 9.79. The smallest absolute Gasteiger partial charge is 0.480 e. The van der Waals surface area contributed by atoms with E-state index in [1.165, 1.54) is 18.2 Å². The van der Waals surface area contributed by atoms with Crippen LogP contribution < -0.4 is 10.1 Å². The number of nitrogens with one attached hydrogen (secondary N) is 1. The fraction of sp³-hybridized carbons (Fsp3) is 0.357. The molecule has 112 valence electrons. The highest BCUT2D eigenvalue weighted by Crippen LogP contribution is 2.45. The maximum Gasteiger partial charge on any atom is 0.573 e. The molecule has 0 fully saturated rings. The van der Waals surface area contributed by atoms with Crippen LogP contribution in [0.1, 0.15) is 17.9 Å². The third-order valence-electron chi connectivity index (χ3n) is 3.83. The van der Waals surface area contributed by atoms with Crippen LogP contribution in [0.15, 0.2) is 30.4 Å². The molecule has 3 rings (SSSR count). The number of carboxylic acid groups (broad SMARTS) is 1. The lowest BCUT2D eigenvalue weighted by Crippen LogP contribution is -2.41. The largest absolute Gasteiger partial charge is 0.573 e. The Morgan fingerprint density at radius 1 is 1.38 bits per heavy atom. The minimum absolute atomic E-state index is 0.198. The third kappa shape index (κ3) is 2.55. The molecule has 0 saturated carbocycles. The molecule has 1 aliphatic carbocycles. The van der Waals surface area contributed by atoms with E-state index in [4.69, 9.17) is 0 Å². The van der Waals surface area contributed by atoms with E-state index < -0.39 is 18.4 Å². The van der Waals surface area contributed by atoms with Crippen LogP contribution in [0.2, 0.25) is 0 Å². The zero-order valence-electron chi connectivity index (χ0n) is 10.7. The molecule has 3 atom stereocenters. The van der Waals surface area contributed by atoms with E-state index in [-0.39, 0.29) is 17.6 Å². The first-order valence-corrected chi connectivity index (χ1v) is 6.41. The van der Waals surface area contributed by atoms with Crippen molar-refractivity contribution < 1.29 is 27.8 Å². The summed E-state index contributed by atoms with van der Waals surface area (Å²) in [6.07, 6.45) is -0.458. The van der Waals surface area contributed by atoms with Crippen molar-refractivity contribution in [1.82, 2.24) is 0 Å². The van der Waals surface area contributed by atoms with E-state index in [0.29, 0.717) is 17.7 Å². The van der Waals surface area contributed by atoms with Gasteiger partial charge in [0, 0.05) is 17.5 Å². The Balaban J connectivity index is 1.97. The molecule has 0 aromatic heterocycles. The number of alkyl halides is 3. The molecule has 7 heteroatoms. The Kier molecular flexibility index (Phi) is 3.07. The van der Waals surface area contributed by atoms with E-state index in [0.717, 1.165) is 0 Å². The summed E-state index contributed by atoms with van der Waals surface area (Å²) >= 11 is 0. The molecule has 2 aliphatic rings. The van der Waals surface area contributed by atoms with Gasteiger partial charge in [-0.05, 0) is 30.2 Å². The van der Waals surface area contributed by atoms with Crippen molar-refractivity contribution >= 4 is 11.7 Å². The highest BCUT2D eigenvalue weighted by molar-refractivity contribution is 5.80. The van der Waals surface area contributed by atoms with Crippen molar-refractivity contribution in [1.29, 1.82) is 0 Å². The number of aliphatic carboxylic acids is 1. The van der Waals surface area contributed by atoms with Crippen molar-refractivity contribution in [2.75, 3.05) is 5.32 Å². The average Bonchev–Trinajstić information content (AvgIpc) is 2.85. The number of allylic oxidation sites excluding steroid dienone is 2. The lowest BCUT2D eigenvalue weighted by molar-refractivity contribution is -0.274. The van der Waals surface area contributed by atoms with Gasteiger partial charge >= 0.3 is 12.3 Å². The standard InChI is InChI=1S/C14H12F3NO3/c15-14(16,17)21-7-4-5-11-10(6-7)8-2-1-3-9(8)12(18-11)13(19)20/h1-2,4-6,8-9,12,18H,3H2,(H,19,20)/t8-,9-,12-/m0/s1. The van der Waals surface area contributed by atoms with Crippen LogP contribution >= 0.6 is 0 Å². The van der Waals surface area contributed by atoms with E-state index in [9.17, 15) is 23.1 Å². The lowest BCUT2D eigenvalue weighted by Gasteiger charge is -2.34. The number of carboxylic acids is 1. The van der Waals surface area contributed by atoms with Gasteiger partial charge < -0.3 is 15.2 Å². The Labute approximate surface area is 118 Å². The van der Waals surface area contributed by atoms with Gasteiger partial charge in [0.2, 0.25) is 0 Å². The maximum atomic E-state index is 12.3. The zero-order chi connectivity index (χ0) is 15.2. The Morgan fingerprint density at radius 3 is 2.81 bits per heavy atom. The molecule has 21 heavy (non-hydrogen) atoms. The molecule has 2 N–H and O–H groups in total. The second kappa shape index (κ2) is 4.68. The fourth-order valence-corrected chi connectivity index (χ4v) is 3.01. The van der Waals surface area contributed by atoms with Crippen molar-refractivity contribution in [2.45, 2.75) is 24.7 Å². The quantitative estimate of drug-likeness (QED) is 0.824. The molecule has 1 aliphatic heterocycles. The first kappa shape index (κ1) is 13.8. The topological polar surface area (TPSA) is 58.6 Å². The van der Waals surface area contributed by atoms with E-state index >= 15 is 0 Å². The number of rotatable bonds is 2. The Hall–Kier alpha value is -2.18. The summed E-state index contributed by atoms with van der Waals surface area (Å²) in [5.74, 6) is -1.67. The first-order valence-electron chi connectivity index (χ1n) is 6.41. The fourth-order valence-electron chi connectivity index (χ4n) is 3.01. The number of hydrogen-bond donors (Lipinski definition) is 2. The van der Waals surface area contributed by atoms with Crippen LogP contribution in [0, 0.1) is 5.92 Å². The van der Waals surface area contributed by atoms with Crippen molar-refractivity contribution in [3.63, 3.8) is 0 Å². The van der Waals surface area contributed by atoms with Gasteiger partial charge in [0.1, 0.15) is 11.8 Å². The predicted octanol–water partition coefficient (Wildman–Crippen LogP) is 3.12. The number of fused-ring (bicyclic) bond motifs is 3. The van der Waals surface area contributed by atoms with Gasteiger partial charge in [0.05, 0.1) is 0 Å². The highest BCUT2D eigenvalue weighted by atomic mass is 19.4. The average molecular weight is 299 g/mol. The molecular weight excluding hydrogens is 287 g/mol. The van der Waals surface area contributed by atoms with Crippen LogP contribution in [0.25, 0.3) is 0 Å². The second-order valence-electron chi connectivity index (χ2n) is 5.11. The Morgan fingerprint density at radius 2 is 2.14 bits per heavy atom. The number of halogens is 3. The molecule has 0 bridgehead atoms. The summed E-state index contributed by atoms with van der Waals surface area (Å²) < 4.78 is 40.8. The summed E-state index contributed by atoms with van der Waals surface area (Å²) in [7, 11) is 0. The van der Waals surface area contributed by atoms with Gasteiger partial charge in [-0.15, -0.1) is 13.2 Å². The summed E-state index contributed by atoms with van der Waals surface area (Å²) in [6, 6.07) is 3.18. The monoisotopic (exact) mass is 299 g/mol. The SMILES string of the molecule is O=C(O)[C@H]1Nc2ccc(OC(F)(F)F)cc2[C@H]2C=CC[C@H]12. The number of hydrogen-bond acceptors (Lipinski definition) is 3. The molecule has 4 nitrogen and oxygen atoms in total. The van der Waals surface area contributed by atoms with Gasteiger partial charge in [0.25, 0.3) is 0 Å². The molecule has 1 aromatic carbocycles. The van der Waals surface area contributed by atoms with Crippen LogP contribution in [0.5, 0.6) is 5.75 Å². The Bertz CT molecular complexity index is 612. The molecule has 0 spiro atoms. The summed E-state index contributed by atoms with van der Waals surface area (Å²) in [6.45, 7) is 0. The highest BCUT2D eigenvalue weighted by Gasteiger charge is 2.41. The number of anilines is 1. The van der Waals surface area contributed by atoms with Crippen LogP contribution in [-0.4, -0.2) is 23.5 Å². The van der Waals surface area contributed by atoms with Crippen molar-refractivity contribution in [3.05, 3.63) is 35.9 Å². The number of benzene rings is 1. The van der Waals surface area contributed by atoms with Gasteiger partial charge in [-0.25, -0.2) is 4.79 Å².